The van der Waals surface area contributed by atoms with Crippen molar-refractivity contribution < 1.29 is 14.3 Å². The summed E-state index contributed by atoms with van der Waals surface area (Å²) in [6.45, 7) is 5.69. The van der Waals surface area contributed by atoms with Gasteiger partial charge in [-0.2, -0.15) is 5.10 Å². The highest BCUT2D eigenvalue weighted by molar-refractivity contribution is 7.09. The molecular weight excluding hydrogens is 414 g/mol. The molecule has 31 heavy (non-hydrogen) atoms. The third-order valence-corrected chi connectivity index (χ3v) is 6.05. The summed E-state index contributed by atoms with van der Waals surface area (Å²) >= 11 is 1.46. The Hall–Kier alpha value is -3.20. The van der Waals surface area contributed by atoms with E-state index in [0.29, 0.717) is 44.0 Å². The van der Waals surface area contributed by atoms with Crippen molar-refractivity contribution in [2.75, 3.05) is 20.2 Å². The zero-order valence-electron chi connectivity index (χ0n) is 17.8. The van der Waals surface area contributed by atoms with Crippen LogP contribution in [0.5, 0.6) is 5.75 Å². The summed E-state index contributed by atoms with van der Waals surface area (Å²) in [4.78, 5) is 31.7. The van der Waals surface area contributed by atoms with Crippen molar-refractivity contribution in [3.8, 4) is 5.75 Å². The molecule has 0 saturated heterocycles. The number of carbonyl (C=O) groups is 2. The van der Waals surface area contributed by atoms with Gasteiger partial charge in [0.1, 0.15) is 11.4 Å². The molecule has 8 nitrogen and oxygen atoms in total. The van der Waals surface area contributed by atoms with Gasteiger partial charge in [0.15, 0.2) is 5.69 Å². The van der Waals surface area contributed by atoms with Gasteiger partial charge in [0.25, 0.3) is 11.8 Å². The fraction of sp³-hybridized carbons (Fsp3) is 0.364. The topological polar surface area (TPSA) is 89.4 Å². The van der Waals surface area contributed by atoms with Crippen molar-refractivity contribution >= 4 is 23.2 Å². The first kappa shape index (κ1) is 21.0. The summed E-state index contributed by atoms with van der Waals surface area (Å²) < 4.78 is 7.20. The lowest BCUT2D eigenvalue weighted by Gasteiger charge is -2.27. The second kappa shape index (κ2) is 8.89. The fourth-order valence-corrected chi connectivity index (χ4v) is 4.38. The highest BCUT2D eigenvalue weighted by atomic mass is 32.1. The van der Waals surface area contributed by atoms with Gasteiger partial charge in [0.2, 0.25) is 0 Å². The van der Waals surface area contributed by atoms with Crippen LogP contribution in [0.3, 0.4) is 0 Å². The minimum atomic E-state index is -0.220. The molecule has 2 amide bonds. The standard InChI is InChI=1S/C22H25N5O3S/c1-4-23-21(28)20-17-12-26(22(29)18-13-31-14(2)24-18)9-8-19(17)27(25-20)11-15-6-5-7-16(10-15)30-3/h5-7,10,13H,4,8-9,11-12H2,1-3H3,(H,23,28). The number of thiazole rings is 1. The molecule has 4 rings (SSSR count). The van der Waals surface area contributed by atoms with Crippen LogP contribution in [0.25, 0.3) is 0 Å². The SMILES string of the molecule is CCNC(=O)c1nn(Cc2cccc(OC)c2)c2c1CN(C(=O)c1csc(C)n1)CC2. The number of nitrogens with zero attached hydrogens (tertiary/aromatic N) is 4. The first-order valence-corrected chi connectivity index (χ1v) is 11.1. The smallest absolute Gasteiger partial charge is 0.273 e. The minimum Gasteiger partial charge on any atom is -0.497 e. The highest BCUT2D eigenvalue weighted by Gasteiger charge is 2.31. The van der Waals surface area contributed by atoms with Crippen molar-refractivity contribution in [3.05, 3.63) is 62.9 Å². The summed E-state index contributed by atoms with van der Waals surface area (Å²) in [6.07, 6.45) is 0.626. The van der Waals surface area contributed by atoms with Crippen LogP contribution in [0.4, 0.5) is 0 Å². The molecule has 0 unspecified atom stereocenters. The maximum atomic E-state index is 12.9. The van der Waals surface area contributed by atoms with E-state index in [0.717, 1.165) is 27.6 Å². The Kier molecular flexibility index (Phi) is 6.03. The molecule has 0 saturated carbocycles. The molecule has 3 heterocycles. The molecule has 1 aromatic carbocycles. The predicted octanol–water partition coefficient (Wildman–Crippen LogP) is 2.65. The van der Waals surface area contributed by atoms with Gasteiger partial charge in [-0.3, -0.25) is 14.3 Å². The summed E-state index contributed by atoms with van der Waals surface area (Å²) in [5, 5.41) is 10.1. The maximum absolute atomic E-state index is 12.9. The van der Waals surface area contributed by atoms with E-state index in [2.05, 4.69) is 15.4 Å². The minimum absolute atomic E-state index is 0.114. The number of rotatable bonds is 6. The summed E-state index contributed by atoms with van der Waals surface area (Å²) in [5.74, 6) is 0.442. The number of benzene rings is 1. The van der Waals surface area contributed by atoms with Gasteiger partial charge in [0, 0.05) is 36.1 Å². The van der Waals surface area contributed by atoms with Crippen molar-refractivity contribution in [1.29, 1.82) is 0 Å². The first-order valence-electron chi connectivity index (χ1n) is 10.2. The molecule has 3 aromatic rings. The van der Waals surface area contributed by atoms with E-state index in [4.69, 9.17) is 4.74 Å². The number of amides is 2. The van der Waals surface area contributed by atoms with E-state index in [1.54, 1.807) is 17.4 Å². The van der Waals surface area contributed by atoms with Gasteiger partial charge < -0.3 is 15.0 Å². The van der Waals surface area contributed by atoms with E-state index in [-0.39, 0.29) is 11.8 Å². The van der Waals surface area contributed by atoms with Crippen LogP contribution in [0.1, 0.15) is 49.7 Å². The van der Waals surface area contributed by atoms with E-state index >= 15 is 0 Å². The maximum Gasteiger partial charge on any atom is 0.273 e. The Bertz CT molecular complexity index is 1120. The third-order valence-electron chi connectivity index (χ3n) is 5.28. The van der Waals surface area contributed by atoms with E-state index in [1.807, 2.05) is 42.8 Å². The molecule has 2 aromatic heterocycles. The zero-order chi connectivity index (χ0) is 22.0. The van der Waals surface area contributed by atoms with E-state index in [1.165, 1.54) is 11.3 Å². The Labute approximate surface area is 184 Å². The summed E-state index contributed by atoms with van der Waals surface area (Å²) in [6, 6.07) is 7.80. The molecule has 1 aliphatic rings. The first-order chi connectivity index (χ1) is 15.0. The third kappa shape index (κ3) is 4.32. The predicted molar refractivity (Wildman–Crippen MR) is 118 cm³/mol. The Morgan fingerprint density at radius 1 is 1.32 bits per heavy atom. The molecule has 0 fully saturated rings. The monoisotopic (exact) mass is 439 g/mol. The van der Waals surface area contributed by atoms with Gasteiger partial charge >= 0.3 is 0 Å². The number of carbonyl (C=O) groups excluding carboxylic acids is 2. The molecular formula is C22H25N5O3S. The highest BCUT2D eigenvalue weighted by Crippen LogP contribution is 2.26. The van der Waals surface area contributed by atoms with Crippen molar-refractivity contribution in [3.63, 3.8) is 0 Å². The molecule has 0 bridgehead atoms. The Balaban J connectivity index is 1.65. The van der Waals surface area contributed by atoms with Crippen LogP contribution in [0.15, 0.2) is 29.6 Å². The second-order valence-corrected chi connectivity index (χ2v) is 8.43. The molecule has 9 heteroatoms. The van der Waals surface area contributed by atoms with Gasteiger partial charge in [-0.25, -0.2) is 4.98 Å². The Morgan fingerprint density at radius 3 is 2.87 bits per heavy atom. The number of methoxy groups -OCH3 is 1. The lowest BCUT2D eigenvalue weighted by atomic mass is 10.0. The van der Waals surface area contributed by atoms with Crippen LogP contribution in [0, 0.1) is 6.92 Å². The average molecular weight is 440 g/mol. The zero-order valence-corrected chi connectivity index (χ0v) is 18.7. The lowest BCUT2D eigenvalue weighted by molar-refractivity contribution is 0.0725. The van der Waals surface area contributed by atoms with Crippen LogP contribution >= 0.6 is 11.3 Å². The molecule has 1 N–H and O–H groups in total. The number of hydrogen-bond acceptors (Lipinski definition) is 6. The summed E-state index contributed by atoms with van der Waals surface area (Å²) in [5.41, 5.74) is 3.66. The number of fused-ring (bicyclic) bond motifs is 1. The van der Waals surface area contributed by atoms with Gasteiger partial charge in [-0.05, 0) is 31.5 Å². The largest absolute Gasteiger partial charge is 0.497 e. The van der Waals surface area contributed by atoms with Crippen LogP contribution in [-0.2, 0) is 19.5 Å². The van der Waals surface area contributed by atoms with E-state index < -0.39 is 0 Å². The Morgan fingerprint density at radius 2 is 2.16 bits per heavy atom. The lowest BCUT2D eigenvalue weighted by Crippen LogP contribution is -2.37. The molecule has 162 valence electrons. The van der Waals surface area contributed by atoms with Crippen molar-refractivity contribution in [2.24, 2.45) is 0 Å². The van der Waals surface area contributed by atoms with Gasteiger partial charge in [0.05, 0.1) is 25.2 Å². The average Bonchev–Trinajstić information content (AvgIpc) is 3.37. The normalized spacial score (nSPS) is 13.1. The van der Waals surface area contributed by atoms with Crippen molar-refractivity contribution in [2.45, 2.75) is 33.4 Å². The molecule has 1 aliphatic heterocycles. The molecule has 0 aliphatic carbocycles. The van der Waals surface area contributed by atoms with E-state index in [9.17, 15) is 9.59 Å². The van der Waals surface area contributed by atoms with Crippen LogP contribution in [0.2, 0.25) is 0 Å². The fourth-order valence-electron chi connectivity index (χ4n) is 3.79. The molecule has 0 radical (unpaired) electrons. The quantitative estimate of drug-likeness (QED) is 0.638. The van der Waals surface area contributed by atoms with Crippen LogP contribution in [-0.4, -0.2) is 51.7 Å². The number of aromatic nitrogens is 3. The van der Waals surface area contributed by atoms with Crippen LogP contribution < -0.4 is 10.1 Å². The van der Waals surface area contributed by atoms with Gasteiger partial charge in [-0.1, -0.05) is 12.1 Å². The molecule has 0 spiro atoms. The number of aryl methyl sites for hydroxylation is 1. The number of nitrogens with one attached hydrogen (secondary N) is 1. The summed E-state index contributed by atoms with van der Waals surface area (Å²) in [7, 11) is 1.64. The molecule has 0 atom stereocenters. The van der Waals surface area contributed by atoms with Crippen molar-refractivity contribution in [1.82, 2.24) is 25.0 Å². The second-order valence-electron chi connectivity index (χ2n) is 7.37. The van der Waals surface area contributed by atoms with Gasteiger partial charge in [-0.15, -0.1) is 11.3 Å². The number of hydrogen-bond donors (Lipinski definition) is 1. The number of ether oxygens (including phenoxy) is 1.